The van der Waals surface area contributed by atoms with Gasteiger partial charge in [-0.15, -0.1) is 0 Å². The summed E-state index contributed by atoms with van der Waals surface area (Å²) >= 11 is 0. The molecule has 1 atom stereocenters. The molecule has 0 aliphatic heterocycles. The van der Waals surface area contributed by atoms with E-state index in [1.165, 1.54) is 12.8 Å². The Bertz CT molecular complexity index is 105. The Morgan fingerprint density at radius 3 is 2.27 bits per heavy atom. The topological polar surface area (TPSA) is 12.4 Å². The summed E-state index contributed by atoms with van der Waals surface area (Å²) in [7, 11) is 0. The van der Waals surface area contributed by atoms with E-state index >= 15 is 0 Å². The minimum Gasteiger partial charge on any atom is -0.298 e. The van der Waals surface area contributed by atoms with E-state index in [-0.39, 0.29) is 0 Å². The molecule has 0 aromatic carbocycles. The molecule has 1 nitrogen and oxygen atoms in total. The van der Waals surface area contributed by atoms with Gasteiger partial charge in [-0.2, -0.15) is 0 Å². The highest BCUT2D eigenvalue weighted by molar-refractivity contribution is 5.60. The zero-order valence-corrected chi connectivity index (χ0v) is 8.30. The van der Waals surface area contributed by atoms with Gasteiger partial charge >= 0.3 is 0 Å². The van der Waals surface area contributed by atoms with E-state index in [2.05, 4.69) is 38.9 Å². The van der Waals surface area contributed by atoms with Gasteiger partial charge in [0, 0.05) is 12.8 Å². The Kier molecular flexibility index (Phi) is 6.19. The molecule has 11 heavy (non-hydrogen) atoms. The summed E-state index contributed by atoms with van der Waals surface area (Å²) in [5, 5.41) is 0. The number of hydrogen-bond donors (Lipinski definition) is 0. The summed E-state index contributed by atoms with van der Waals surface area (Å²) in [5.41, 5.74) is 0. The molecule has 0 saturated carbocycles. The lowest BCUT2D eigenvalue weighted by Crippen LogP contribution is -2.09. The van der Waals surface area contributed by atoms with E-state index in [0.29, 0.717) is 5.92 Å². The van der Waals surface area contributed by atoms with Gasteiger partial charge in [-0.05, 0) is 25.2 Å². The maximum absolute atomic E-state index is 4.29. The molecule has 0 aliphatic rings. The summed E-state index contributed by atoms with van der Waals surface area (Å²) in [6.07, 6.45) is 4.67. The van der Waals surface area contributed by atoms with Crippen LogP contribution in [0.5, 0.6) is 0 Å². The van der Waals surface area contributed by atoms with Gasteiger partial charge in [-0.3, -0.25) is 4.99 Å². The largest absolute Gasteiger partial charge is 0.298 e. The second-order valence-electron chi connectivity index (χ2n) is 3.34. The third kappa shape index (κ3) is 5.00. The molecule has 0 aliphatic carbocycles. The summed E-state index contributed by atoms with van der Waals surface area (Å²) in [4.78, 5) is 4.29. The Labute approximate surface area is 70.9 Å². The molecule has 1 unspecified atom stereocenters. The first-order valence-corrected chi connectivity index (χ1v) is 4.72. The lowest BCUT2D eigenvalue weighted by Gasteiger charge is -2.14. The third-order valence-electron chi connectivity index (χ3n) is 1.96. The zero-order valence-electron chi connectivity index (χ0n) is 8.30. The Morgan fingerprint density at radius 2 is 1.91 bits per heavy atom. The molecule has 66 valence electrons. The van der Waals surface area contributed by atoms with E-state index in [1.54, 1.807) is 0 Å². The first-order chi connectivity index (χ1) is 5.22. The summed E-state index contributed by atoms with van der Waals surface area (Å²) in [6.45, 7) is 9.77. The normalized spacial score (nSPS) is 14.6. The monoisotopic (exact) mass is 155 g/mol. The number of nitrogens with zero attached hydrogens (tertiary/aromatic N) is 1. The first kappa shape index (κ1) is 10.7. The fourth-order valence-electron chi connectivity index (χ4n) is 1.15. The Balaban J connectivity index is 3.78. The quantitative estimate of drug-likeness (QED) is 0.541. The molecule has 0 N–H and O–H groups in total. The van der Waals surface area contributed by atoms with Crippen molar-refractivity contribution in [2.75, 3.05) is 6.54 Å². The average Bonchev–Trinajstić information content (AvgIpc) is 1.97. The van der Waals surface area contributed by atoms with Crippen LogP contribution in [0.2, 0.25) is 0 Å². The number of rotatable bonds is 5. The molecule has 0 heterocycles. The molecule has 0 spiro atoms. The zero-order chi connectivity index (χ0) is 8.69. The predicted molar refractivity (Wildman–Crippen MR) is 52.3 cm³/mol. The minimum atomic E-state index is 0.694. The highest BCUT2D eigenvalue weighted by Gasteiger charge is 2.08. The molecular weight excluding hydrogens is 134 g/mol. The van der Waals surface area contributed by atoms with E-state index in [0.717, 1.165) is 12.5 Å². The van der Waals surface area contributed by atoms with Crippen molar-refractivity contribution in [2.24, 2.45) is 16.8 Å². The maximum atomic E-state index is 4.29. The fourth-order valence-corrected chi connectivity index (χ4v) is 1.15. The van der Waals surface area contributed by atoms with E-state index in [9.17, 15) is 0 Å². The van der Waals surface area contributed by atoms with Crippen molar-refractivity contribution in [3.63, 3.8) is 0 Å². The molecule has 0 radical (unpaired) electrons. The van der Waals surface area contributed by atoms with Gasteiger partial charge in [0.05, 0.1) is 0 Å². The van der Waals surface area contributed by atoms with Crippen molar-refractivity contribution in [1.29, 1.82) is 0 Å². The standard InChI is InChI=1S/C10H21N/c1-5-7-10(9(3)4)8-11-6-2/h8-10H,5-7H2,1-4H3. The number of hydrogen-bond acceptors (Lipinski definition) is 1. The molecule has 0 saturated heterocycles. The molecule has 0 amide bonds. The molecule has 0 bridgehead atoms. The van der Waals surface area contributed by atoms with Gasteiger partial charge in [-0.1, -0.05) is 27.2 Å². The molecule has 0 rings (SSSR count). The smallest absolute Gasteiger partial charge is 0.0357 e. The van der Waals surface area contributed by atoms with Crippen LogP contribution < -0.4 is 0 Å². The van der Waals surface area contributed by atoms with Crippen LogP contribution >= 0.6 is 0 Å². The summed E-state index contributed by atoms with van der Waals surface area (Å²) in [6, 6.07) is 0. The second-order valence-corrected chi connectivity index (χ2v) is 3.34. The average molecular weight is 155 g/mol. The highest BCUT2D eigenvalue weighted by Crippen LogP contribution is 2.14. The molecular formula is C10H21N. The first-order valence-electron chi connectivity index (χ1n) is 4.72. The fraction of sp³-hybridized carbons (Fsp3) is 0.900. The van der Waals surface area contributed by atoms with Crippen LogP contribution in [-0.4, -0.2) is 12.8 Å². The van der Waals surface area contributed by atoms with Crippen molar-refractivity contribution in [3.8, 4) is 0 Å². The van der Waals surface area contributed by atoms with Crippen molar-refractivity contribution in [3.05, 3.63) is 0 Å². The van der Waals surface area contributed by atoms with Crippen molar-refractivity contribution < 1.29 is 0 Å². The second kappa shape index (κ2) is 6.38. The van der Waals surface area contributed by atoms with Crippen molar-refractivity contribution in [1.82, 2.24) is 0 Å². The van der Waals surface area contributed by atoms with E-state index in [4.69, 9.17) is 0 Å². The van der Waals surface area contributed by atoms with Gasteiger partial charge in [0.25, 0.3) is 0 Å². The molecule has 0 fully saturated rings. The van der Waals surface area contributed by atoms with Crippen LogP contribution in [-0.2, 0) is 0 Å². The Morgan fingerprint density at radius 1 is 1.27 bits per heavy atom. The minimum absolute atomic E-state index is 0.694. The predicted octanol–water partition coefficient (Wildman–Crippen LogP) is 3.15. The lowest BCUT2D eigenvalue weighted by molar-refractivity contribution is 0.465. The van der Waals surface area contributed by atoms with Gasteiger partial charge < -0.3 is 0 Å². The van der Waals surface area contributed by atoms with E-state index < -0.39 is 0 Å². The van der Waals surface area contributed by atoms with Crippen LogP contribution in [0.4, 0.5) is 0 Å². The van der Waals surface area contributed by atoms with Crippen molar-refractivity contribution in [2.45, 2.75) is 40.5 Å². The SMILES string of the molecule is CCCC(C=NCC)C(C)C. The van der Waals surface area contributed by atoms with E-state index in [1.807, 2.05) is 0 Å². The molecule has 0 aromatic rings. The van der Waals surface area contributed by atoms with Crippen LogP contribution in [0.1, 0.15) is 40.5 Å². The molecule has 0 aromatic heterocycles. The lowest BCUT2D eigenvalue weighted by atomic mass is 9.93. The van der Waals surface area contributed by atoms with Crippen LogP contribution in [0.15, 0.2) is 4.99 Å². The Hall–Kier alpha value is -0.330. The summed E-state index contributed by atoms with van der Waals surface area (Å²) in [5.74, 6) is 1.44. The van der Waals surface area contributed by atoms with Gasteiger partial charge in [0.15, 0.2) is 0 Å². The van der Waals surface area contributed by atoms with Gasteiger partial charge in [-0.25, -0.2) is 0 Å². The van der Waals surface area contributed by atoms with Crippen LogP contribution in [0, 0.1) is 11.8 Å². The maximum Gasteiger partial charge on any atom is 0.0357 e. The van der Waals surface area contributed by atoms with Crippen LogP contribution in [0.25, 0.3) is 0 Å². The highest BCUT2D eigenvalue weighted by atomic mass is 14.7. The number of aliphatic imine (C=N–C) groups is 1. The van der Waals surface area contributed by atoms with Gasteiger partial charge in [0.1, 0.15) is 0 Å². The summed E-state index contributed by atoms with van der Waals surface area (Å²) < 4.78 is 0. The van der Waals surface area contributed by atoms with Crippen molar-refractivity contribution >= 4 is 6.21 Å². The third-order valence-corrected chi connectivity index (χ3v) is 1.96. The van der Waals surface area contributed by atoms with Crippen LogP contribution in [0.3, 0.4) is 0 Å². The molecule has 1 heteroatoms. The van der Waals surface area contributed by atoms with Gasteiger partial charge in [0.2, 0.25) is 0 Å².